The quantitative estimate of drug-likeness (QED) is 0.792. The zero-order valence-corrected chi connectivity index (χ0v) is 10.5. The molecule has 0 N–H and O–H groups in total. The van der Waals surface area contributed by atoms with Crippen molar-refractivity contribution in [2.75, 3.05) is 16.8 Å². The number of furan rings is 1. The van der Waals surface area contributed by atoms with Crippen LogP contribution in [-0.4, -0.2) is 22.9 Å². The number of nitrogens with zero attached hydrogens (tertiary/aromatic N) is 2. The number of halogens is 1. The van der Waals surface area contributed by atoms with Crippen molar-refractivity contribution in [1.29, 1.82) is 0 Å². The van der Waals surface area contributed by atoms with Crippen LogP contribution in [0.3, 0.4) is 0 Å². The zero-order valence-electron chi connectivity index (χ0n) is 8.90. The first-order valence-corrected chi connectivity index (χ1v) is 6.67. The molecule has 3 heterocycles. The minimum Gasteiger partial charge on any atom is -0.464 e. The van der Waals surface area contributed by atoms with Crippen LogP contribution in [0.4, 0.5) is 5.82 Å². The van der Waals surface area contributed by atoms with Crippen molar-refractivity contribution in [3.8, 4) is 0 Å². The number of hydrogen-bond acceptors (Lipinski definition) is 3. The molecule has 1 atom stereocenters. The number of alkyl halides is 1. The smallest absolute Gasteiger partial charge is 0.139 e. The van der Waals surface area contributed by atoms with Crippen LogP contribution in [0, 0.1) is 0 Å². The SMILES string of the molecule is BrCC1CCCN1c1nccc2occc12. The summed E-state index contributed by atoms with van der Waals surface area (Å²) in [5.74, 6) is 1.06. The van der Waals surface area contributed by atoms with Crippen LogP contribution in [-0.2, 0) is 0 Å². The molecule has 0 radical (unpaired) electrons. The molecule has 3 nitrogen and oxygen atoms in total. The van der Waals surface area contributed by atoms with Crippen molar-refractivity contribution < 1.29 is 4.42 Å². The average Bonchev–Trinajstić information content (AvgIpc) is 2.96. The van der Waals surface area contributed by atoms with E-state index in [1.54, 1.807) is 6.26 Å². The second-order valence-corrected chi connectivity index (χ2v) is 4.76. The van der Waals surface area contributed by atoms with Gasteiger partial charge in [-0.2, -0.15) is 0 Å². The third-order valence-corrected chi connectivity index (χ3v) is 3.93. The van der Waals surface area contributed by atoms with Crippen molar-refractivity contribution in [3.05, 3.63) is 24.6 Å². The number of hydrogen-bond donors (Lipinski definition) is 0. The van der Waals surface area contributed by atoms with E-state index >= 15 is 0 Å². The molecule has 1 aliphatic rings. The second kappa shape index (κ2) is 4.09. The summed E-state index contributed by atoms with van der Waals surface area (Å²) in [5, 5.41) is 2.12. The van der Waals surface area contributed by atoms with E-state index in [1.807, 2.05) is 18.3 Å². The van der Waals surface area contributed by atoms with E-state index in [0.717, 1.165) is 28.7 Å². The van der Waals surface area contributed by atoms with Gasteiger partial charge < -0.3 is 9.32 Å². The molecule has 84 valence electrons. The summed E-state index contributed by atoms with van der Waals surface area (Å²) in [6.45, 7) is 1.09. The summed E-state index contributed by atoms with van der Waals surface area (Å²) < 4.78 is 5.41. The van der Waals surface area contributed by atoms with Crippen molar-refractivity contribution in [2.24, 2.45) is 0 Å². The molecule has 16 heavy (non-hydrogen) atoms. The number of anilines is 1. The van der Waals surface area contributed by atoms with Crippen LogP contribution in [0.5, 0.6) is 0 Å². The number of pyridine rings is 1. The predicted octanol–water partition coefficient (Wildman–Crippen LogP) is 3.19. The molecule has 1 aliphatic heterocycles. The van der Waals surface area contributed by atoms with Gasteiger partial charge in [0.1, 0.15) is 11.4 Å². The maximum atomic E-state index is 5.41. The van der Waals surface area contributed by atoms with Crippen molar-refractivity contribution in [3.63, 3.8) is 0 Å². The fourth-order valence-electron chi connectivity index (χ4n) is 2.38. The van der Waals surface area contributed by atoms with Crippen LogP contribution < -0.4 is 4.90 Å². The maximum absolute atomic E-state index is 5.41. The van der Waals surface area contributed by atoms with E-state index in [4.69, 9.17) is 4.42 Å². The Labute approximate surface area is 103 Å². The summed E-state index contributed by atoms with van der Waals surface area (Å²) in [7, 11) is 0. The molecule has 0 saturated carbocycles. The number of fused-ring (bicyclic) bond motifs is 1. The molecule has 0 spiro atoms. The number of rotatable bonds is 2. The van der Waals surface area contributed by atoms with E-state index in [-0.39, 0.29) is 0 Å². The molecule has 2 aromatic rings. The van der Waals surface area contributed by atoms with Crippen molar-refractivity contribution in [2.45, 2.75) is 18.9 Å². The lowest BCUT2D eigenvalue weighted by atomic mass is 10.2. The molecule has 0 aromatic carbocycles. The van der Waals surface area contributed by atoms with E-state index in [0.29, 0.717) is 6.04 Å². The van der Waals surface area contributed by atoms with Gasteiger partial charge in [-0.1, -0.05) is 15.9 Å². The fourth-order valence-corrected chi connectivity index (χ4v) is 3.06. The Hall–Kier alpha value is -1.03. The third-order valence-electron chi connectivity index (χ3n) is 3.19. The van der Waals surface area contributed by atoms with Gasteiger partial charge in [0.15, 0.2) is 0 Å². The van der Waals surface area contributed by atoms with Crippen LogP contribution in [0.1, 0.15) is 12.8 Å². The van der Waals surface area contributed by atoms with Crippen LogP contribution in [0.25, 0.3) is 11.0 Å². The molecule has 2 aromatic heterocycles. The Morgan fingerprint density at radius 3 is 3.31 bits per heavy atom. The summed E-state index contributed by atoms with van der Waals surface area (Å²) in [4.78, 5) is 6.89. The van der Waals surface area contributed by atoms with Gasteiger partial charge in [0.25, 0.3) is 0 Å². The van der Waals surface area contributed by atoms with Gasteiger partial charge in [-0.3, -0.25) is 0 Å². The lowest BCUT2D eigenvalue weighted by Crippen LogP contribution is -2.31. The highest BCUT2D eigenvalue weighted by molar-refractivity contribution is 9.09. The van der Waals surface area contributed by atoms with Gasteiger partial charge in [0.05, 0.1) is 11.6 Å². The molecular formula is C12H13BrN2O. The van der Waals surface area contributed by atoms with Gasteiger partial charge in [0.2, 0.25) is 0 Å². The Bertz CT molecular complexity index is 496. The van der Waals surface area contributed by atoms with Crippen LogP contribution >= 0.6 is 15.9 Å². The molecule has 0 aliphatic carbocycles. The normalized spacial score (nSPS) is 20.8. The van der Waals surface area contributed by atoms with Crippen LogP contribution in [0.15, 0.2) is 29.0 Å². The van der Waals surface area contributed by atoms with E-state index in [1.165, 1.54) is 12.8 Å². The molecule has 3 rings (SSSR count). The third kappa shape index (κ3) is 1.52. The monoisotopic (exact) mass is 280 g/mol. The van der Waals surface area contributed by atoms with Crippen LogP contribution in [0.2, 0.25) is 0 Å². The molecule has 1 saturated heterocycles. The first kappa shape index (κ1) is 10.1. The highest BCUT2D eigenvalue weighted by Gasteiger charge is 2.26. The minimum atomic E-state index is 0.563. The van der Waals surface area contributed by atoms with Crippen molar-refractivity contribution >= 4 is 32.7 Å². The second-order valence-electron chi connectivity index (χ2n) is 4.11. The Kier molecular flexibility index (Phi) is 2.59. The first-order valence-electron chi connectivity index (χ1n) is 5.55. The predicted molar refractivity (Wildman–Crippen MR) is 68.2 cm³/mol. The lowest BCUT2D eigenvalue weighted by Gasteiger charge is -2.24. The summed E-state index contributed by atoms with van der Waals surface area (Å²) in [6, 6.07) is 4.48. The van der Waals surface area contributed by atoms with Crippen molar-refractivity contribution in [1.82, 2.24) is 4.98 Å². The highest BCUT2D eigenvalue weighted by atomic mass is 79.9. The molecule has 1 unspecified atom stereocenters. The Morgan fingerprint density at radius 1 is 1.50 bits per heavy atom. The molecule has 4 heteroatoms. The van der Waals surface area contributed by atoms with Gasteiger partial charge in [-0.15, -0.1) is 0 Å². The first-order chi connectivity index (χ1) is 7.90. The Balaban J connectivity index is 2.07. The van der Waals surface area contributed by atoms with E-state index < -0.39 is 0 Å². The summed E-state index contributed by atoms with van der Waals surface area (Å²) in [5.41, 5.74) is 0.922. The largest absolute Gasteiger partial charge is 0.464 e. The standard InChI is InChI=1S/C12H13BrN2O/c13-8-9-2-1-6-15(9)12-10-4-7-16-11(10)3-5-14-12/h3-5,7,9H,1-2,6,8H2. The average molecular weight is 281 g/mol. The molecule has 1 fully saturated rings. The van der Waals surface area contributed by atoms with Gasteiger partial charge in [-0.05, 0) is 25.0 Å². The van der Waals surface area contributed by atoms with E-state index in [2.05, 4.69) is 25.8 Å². The zero-order chi connectivity index (χ0) is 11.0. The fraction of sp³-hybridized carbons (Fsp3) is 0.417. The van der Waals surface area contributed by atoms with Gasteiger partial charge in [-0.25, -0.2) is 4.98 Å². The molecular weight excluding hydrogens is 268 g/mol. The minimum absolute atomic E-state index is 0.563. The highest BCUT2D eigenvalue weighted by Crippen LogP contribution is 2.31. The van der Waals surface area contributed by atoms with Gasteiger partial charge >= 0.3 is 0 Å². The topological polar surface area (TPSA) is 29.3 Å². The molecule has 0 bridgehead atoms. The van der Waals surface area contributed by atoms with E-state index in [9.17, 15) is 0 Å². The summed E-state index contributed by atoms with van der Waals surface area (Å²) in [6.07, 6.45) is 6.03. The number of aromatic nitrogens is 1. The Morgan fingerprint density at radius 2 is 2.44 bits per heavy atom. The lowest BCUT2D eigenvalue weighted by molar-refractivity contribution is 0.615. The van der Waals surface area contributed by atoms with Gasteiger partial charge in [0, 0.05) is 24.1 Å². The summed E-state index contributed by atoms with van der Waals surface area (Å²) >= 11 is 3.58. The maximum Gasteiger partial charge on any atom is 0.139 e. The molecule has 0 amide bonds.